The first kappa shape index (κ1) is 14.2. The van der Waals surface area contributed by atoms with Crippen molar-refractivity contribution in [3.63, 3.8) is 0 Å². The van der Waals surface area contributed by atoms with Gasteiger partial charge >= 0.3 is 0 Å². The van der Waals surface area contributed by atoms with E-state index in [-0.39, 0.29) is 11.9 Å². The van der Waals surface area contributed by atoms with E-state index in [2.05, 4.69) is 15.2 Å². The first-order valence-corrected chi connectivity index (χ1v) is 6.55. The van der Waals surface area contributed by atoms with Gasteiger partial charge in [-0.1, -0.05) is 30.3 Å². The van der Waals surface area contributed by atoms with E-state index in [1.165, 1.54) is 6.33 Å². The molecule has 1 aromatic carbocycles. The van der Waals surface area contributed by atoms with Crippen LogP contribution in [0.25, 0.3) is 0 Å². The summed E-state index contributed by atoms with van der Waals surface area (Å²) in [6.07, 6.45) is 2.48. The van der Waals surface area contributed by atoms with Crippen molar-refractivity contribution in [3.8, 4) is 0 Å². The molecule has 6 heteroatoms. The fraction of sp³-hybridized carbons (Fsp3) is 0.357. The molecule has 0 aliphatic carbocycles. The number of aromatic amines is 1. The molecule has 0 aliphatic rings. The number of rotatable bonds is 6. The molecule has 1 atom stereocenters. The summed E-state index contributed by atoms with van der Waals surface area (Å²) < 4.78 is 0. The van der Waals surface area contributed by atoms with Crippen molar-refractivity contribution < 1.29 is 4.79 Å². The van der Waals surface area contributed by atoms with E-state index in [0.29, 0.717) is 25.2 Å². The van der Waals surface area contributed by atoms with Gasteiger partial charge in [-0.05, 0) is 12.0 Å². The van der Waals surface area contributed by atoms with Gasteiger partial charge < -0.3 is 10.6 Å². The van der Waals surface area contributed by atoms with Gasteiger partial charge in [0.15, 0.2) is 0 Å². The minimum Gasteiger partial charge on any atom is -0.338 e. The van der Waals surface area contributed by atoms with E-state index >= 15 is 0 Å². The molecular weight excluding hydrogens is 254 g/mol. The minimum atomic E-state index is -0.112. The molecule has 0 aliphatic heterocycles. The molecule has 0 bridgehead atoms. The van der Waals surface area contributed by atoms with Crippen LogP contribution in [0.3, 0.4) is 0 Å². The van der Waals surface area contributed by atoms with Gasteiger partial charge in [-0.15, -0.1) is 0 Å². The highest BCUT2D eigenvalue weighted by Gasteiger charge is 2.13. The third kappa shape index (κ3) is 3.89. The molecule has 0 saturated carbocycles. The standard InChI is InChI=1S/C14H19N5O/c1-19(9-13-16-10-17-18-13)14(20)8-7-12(15)11-5-3-2-4-6-11/h2-6,10,12H,7-9,15H2,1H3,(H,16,17,18). The summed E-state index contributed by atoms with van der Waals surface area (Å²) >= 11 is 0. The zero-order valence-corrected chi connectivity index (χ0v) is 11.5. The molecule has 0 radical (unpaired) electrons. The molecule has 1 heterocycles. The summed E-state index contributed by atoms with van der Waals surface area (Å²) in [5.74, 6) is 0.723. The molecule has 1 aromatic heterocycles. The minimum absolute atomic E-state index is 0.0489. The van der Waals surface area contributed by atoms with Crippen molar-refractivity contribution in [3.05, 3.63) is 48.0 Å². The lowest BCUT2D eigenvalue weighted by atomic mass is 10.0. The maximum absolute atomic E-state index is 12.0. The smallest absolute Gasteiger partial charge is 0.222 e. The van der Waals surface area contributed by atoms with Crippen molar-refractivity contribution >= 4 is 5.91 Å². The van der Waals surface area contributed by atoms with Crippen molar-refractivity contribution in [2.45, 2.75) is 25.4 Å². The fourth-order valence-electron chi connectivity index (χ4n) is 1.96. The van der Waals surface area contributed by atoms with E-state index in [9.17, 15) is 4.79 Å². The van der Waals surface area contributed by atoms with Crippen molar-refractivity contribution in [1.82, 2.24) is 20.1 Å². The molecule has 0 spiro atoms. The van der Waals surface area contributed by atoms with E-state index < -0.39 is 0 Å². The molecule has 1 amide bonds. The highest BCUT2D eigenvalue weighted by Crippen LogP contribution is 2.15. The van der Waals surface area contributed by atoms with Gasteiger partial charge in [0.25, 0.3) is 0 Å². The summed E-state index contributed by atoms with van der Waals surface area (Å²) in [5.41, 5.74) is 7.13. The molecule has 0 saturated heterocycles. The second-order valence-electron chi connectivity index (χ2n) is 4.74. The van der Waals surface area contributed by atoms with Crippen LogP contribution in [0, 0.1) is 0 Å². The van der Waals surface area contributed by atoms with Gasteiger partial charge in [0, 0.05) is 19.5 Å². The average Bonchev–Trinajstić information content (AvgIpc) is 2.98. The molecular formula is C14H19N5O. The Balaban J connectivity index is 1.80. The number of nitrogens with zero attached hydrogens (tertiary/aromatic N) is 3. The second-order valence-corrected chi connectivity index (χ2v) is 4.74. The molecule has 2 rings (SSSR count). The monoisotopic (exact) mass is 273 g/mol. The quantitative estimate of drug-likeness (QED) is 0.829. The van der Waals surface area contributed by atoms with E-state index in [1.807, 2.05) is 30.3 Å². The molecule has 20 heavy (non-hydrogen) atoms. The average molecular weight is 273 g/mol. The number of carbonyl (C=O) groups excluding carboxylic acids is 1. The summed E-state index contributed by atoms with van der Waals surface area (Å²) in [5, 5.41) is 6.49. The SMILES string of the molecule is CN(Cc1ncn[nH]1)C(=O)CCC(N)c1ccccc1. The van der Waals surface area contributed by atoms with Crippen molar-refractivity contribution in [2.24, 2.45) is 5.73 Å². The Morgan fingerprint density at radius 2 is 2.15 bits per heavy atom. The first-order valence-electron chi connectivity index (χ1n) is 6.55. The van der Waals surface area contributed by atoms with Gasteiger partial charge in [0.1, 0.15) is 12.2 Å². The highest BCUT2D eigenvalue weighted by molar-refractivity contribution is 5.75. The number of hydrogen-bond donors (Lipinski definition) is 2. The normalized spacial score (nSPS) is 12.1. The van der Waals surface area contributed by atoms with Crippen molar-refractivity contribution in [1.29, 1.82) is 0 Å². The lowest BCUT2D eigenvalue weighted by molar-refractivity contribution is -0.130. The van der Waals surface area contributed by atoms with Gasteiger partial charge in [0.05, 0.1) is 6.54 Å². The Morgan fingerprint density at radius 3 is 2.80 bits per heavy atom. The number of H-pyrrole nitrogens is 1. The van der Waals surface area contributed by atoms with Crippen LogP contribution in [0.15, 0.2) is 36.7 Å². The number of nitrogens with two attached hydrogens (primary N) is 1. The maximum atomic E-state index is 12.0. The van der Waals surface area contributed by atoms with Crippen LogP contribution < -0.4 is 5.73 Å². The molecule has 106 valence electrons. The van der Waals surface area contributed by atoms with Crippen LogP contribution in [-0.2, 0) is 11.3 Å². The van der Waals surface area contributed by atoms with E-state index in [1.54, 1.807) is 11.9 Å². The number of amides is 1. The number of aromatic nitrogens is 3. The van der Waals surface area contributed by atoms with E-state index in [4.69, 9.17) is 5.73 Å². The summed E-state index contributed by atoms with van der Waals surface area (Å²) in [6.45, 7) is 0.430. The Bertz CT molecular complexity index is 526. The third-order valence-electron chi connectivity index (χ3n) is 3.17. The number of carbonyl (C=O) groups is 1. The van der Waals surface area contributed by atoms with Crippen LogP contribution in [0.5, 0.6) is 0 Å². The topological polar surface area (TPSA) is 87.9 Å². The van der Waals surface area contributed by atoms with Crippen LogP contribution in [0.2, 0.25) is 0 Å². The zero-order chi connectivity index (χ0) is 14.4. The van der Waals surface area contributed by atoms with Crippen LogP contribution in [0.1, 0.15) is 30.3 Å². The Hall–Kier alpha value is -2.21. The fourth-order valence-corrected chi connectivity index (χ4v) is 1.96. The van der Waals surface area contributed by atoms with Gasteiger partial charge in [-0.25, -0.2) is 4.98 Å². The molecule has 0 fully saturated rings. The number of hydrogen-bond acceptors (Lipinski definition) is 4. The lowest BCUT2D eigenvalue weighted by Crippen LogP contribution is -2.27. The van der Waals surface area contributed by atoms with Gasteiger partial charge in [-0.2, -0.15) is 5.10 Å². The molecule has 2 aromatic rings. The van der Waals surface area contributed by atoms with Crippen LogP contribution >= 0.6 is 0 Å². The Morgan fingerprint density at radius 1 is 1.40 bits per heavy atom. The predicted octanol–water partition coefficient (Wildman–Crippen LogP) is 1.24. The van der Waals surface area contributed by atoms with Crippen molar-refractivity contribution in [2.75, 3.05) is 7.05 Å². The highest BCUT2D eigenvalue weighted by atomic mass is 16.2. The number of benzene rings is 1. The largest absolute Gasteiger partial charge is 0.338 e. The third-order valence-corrected chi connectivity index (χ3v) is 3.17. The summed E-state index contributed by atoms with van der Waals surface area (Å²) in [4.78, 5) is 17.6. The Labute approximate surface area is 118 Å². The van der Waals surface area contributed by atoms with Gasteiger partial charge in [0.2, 0.25) is 5.91 Å². The van der Waals surface area contributed by atoms with Crippen LogP contribution in [-0.4, -0.2) is 33.0 Å². The summed E-state index contributed by atoms with van der Waals surface area (Å²) in [7, 11) is 1.75. The summed E-state index contributed by atoms with van der Waals surface area (Å²) in [6, 6.07) is 9.70. The first-order chi connectivity index (χ1) is 9.66. The lowest BCUT2D eigenvalue weighted by Gasteiger charge is -2.17. The Kier molecular flexibility index (Phi) is 4.84. The van der Waals surface area contributed by atoms with Crippen LogP contribution in [0.4, 0.5) is 0 Å². The predicted molar refractivity (Wildman–Crippen MR) is 75.5 cm³/mol. The second kappa shape index (κ2) is 6.81. The molecule has 6 nitrogen and oxygen atoms in total. The number of nitrogens with one attached hydrogen (secondary N) is 1. The van der Waals surface area contributed by atoms with Gasteiger partial charge in [-0.3, -0.25) is 9.89 Å². The molecule has 1 unspecified atom stereocenters. The molecule has 3 N–H and O–H groups in total. The maximum Gasteiger partial charge on any atom is 0.222 e. The zero-order valence-electron chi connectivity index (χ0n) is 11.5. The van der Waals surface area contributed by atoms with E-state index in [0.717, 1.165) is 5.56 Å².